The Hall–Kier alpha value is -1.89. The molecule has 102 valence electrons. The first-order chi connectivity index (χ1) is 9.67. The van der Waals surface area contributed by atoms with Gasteiger partial charge in [0.15, 0.2) is 6.61 Å². The Morgan fingerprint density at radius 1 is 1.10 bits per heavy atom. The molecular weight excluding hydrogens is 295 g/mol. The van der Waals surface area contributed by atoms with E-state index in [4.69, 9.17) is 33.2 Å². The molecule has 0 radical (unpaired) electrons. The second-order valence-electron chi connectivity index (χ2n) is 4.11. The normalized spacial score (nSPS) is 9.85. The van der Waals surface area contributed by atoms with Gasteiger partial charge in [0.2, 0.25) is 0 Å². The lowest BCUT2D eigenvalue weighted by Gasteiger charge is -2.09. The van der Waals surface area contributed by atoms with Crippen LogP contribution in [0, 0.1) is 11.3 Å². The van der Waals surface area contributed by atoms with Crippen molar-refractivity contribution in [2.45, 2.75) is 6.54 Å². The third kappa shape index (κ3) is 4.34. The average Bonchev–Trinajstić information content (AvgIpc) is 2.42. The molecule has 0 atom stereocenters. The van der Waals surface area contributed by atoms with Crippen molar-refractivity contribution in [1.82, 2.24) is 0 Å². The first kappa shape index (κ1) is 14.5. The average molecular weight is 307 g/mol. The maximum atomic E-state index is 8.49. The molecular formula is C15H12Cl2N2O. The fourth-order valence-corrected chi connectivity index (χ4v) is 2.25. The quantitative estimate of drug-likeness (QED) is 0.884. The van der Waals surface area contributed by atoms with Crippen LogP contribution < -0.4 is 10.1 Å². The summed E-state index contributed by atoms with van der Waals surface area (Å²) in [6.45, 7) is 0.654. The molecule has 0 heterocycles. The molecule has 0 saturated carbocycles. The molecule has 0 fully saturated rings. The Bertz CT molecular complexity index is 618. The van der Waals surface area contributed by atoms with Crippen LogP contribution in [0.2, 0.25) is 10.0 Å². The molecule has 0 unspecified atom stereocenters. The maximum Gasteiger partial charge on any atom is 0.174 e. The number of anilines is 1. The minimum atomic E-state index is 0.0424. The van der Waals surface area contributed by atoms with Crippen LogP contribution in [0.1, 0.15) is 5.56 Å². The zero-order chi connectivity index (χ0) is 14.4. The second-order valence-corrected chi connectivity index (χ2v) is 4.98. The van der Waals surface area contributed by atoms with Crippen LogP contribution in [-0.2, 0) is 6.54 Å². The smallest absolute Gasteiger partial charge is 0.174 e. The third-order valence-electron chi connectivity index (χ3n) is 2.56. The predicted molar refractivity (Wildman–Crippen MR) is 81.3 cm³/mol. The predicted octanol–water partition coefficient (Wildman–Crippen LogP) is 4.51. The SMILES string of the molecule is N#CCOc1cccc(CNc2cc(Cl)cc(Cl)c2)c1. The molecule has 2 rings (SSSR count). The van der Waals surface area contributed by atoms with Crippen molar-refractivity contribution in [3.63, 3.8) is 0 Å². The van der Waals surface area contributed by atoms with Crippen LogP contribution in [-0.4, -0.2) is 6.61 Å². The van der Waals surface area contributed by atoms with Gasteiger partial charge < -0.3 is 10.1 Å². The van der Waals surface area contributed by atoms with Gasteiger partial charge >= 0.3 is 0 Å². The van der Waals surface area contributed by atoms with Crippen molar-refractivity contribution in [1.29, 1.82) is 5.26 Å². The maximum absolute atomic E-state index is 8.49. The molecule has 0 bridgehead atoms. The fourth-order valence-electron chi connectivity index (χ4n) is 1.72. The molecule has 0 amide bonds. The van der Waals surface area contributed by atoms with Gasteiger partial charge in [-0.15, -0.1) is 0 Å². The van der Waals surface area contributed by atoms with Crippen molar-refractivity contribution in [2.24, 2.45) is 0 Å². The molecule has 2 aromatic rings. The number of nitrogens with zero attached hydrogens (tertiary/aromatic N) is 1. The number of nitrogens with one attached hydrogen (secondary N) is 1. The highest BCUT2D eigenvalue weighted by molar-refractivity contribution is 6.35. The molecule has 0 aliphatic heterocycles. The summed E-state index contributed by atoms with van der Waals surface area (Å²) in [4.78, 5) is 0. The lowest BCUT2D eigenvalue weighted by Crippen LogP contribution is -2.00. The lowest BCUT2D eigenvalue weighted by molar-refractivity contribution is 0.368. The molecule has 0 spiro atoms. The van der Waals surface area contributed by atoms with Gasteiger partial charge in [0.05, 0.1) is 0 Å². The molecule has 0 aromatic heterocycles. The van der Waals surface area contributed by atoms with Gasteiger partial charge in [0, 0.05) is 22.3 Å². The van der Waals surface area contributed by atoms with Gasteiger partial charge in [-0.3, -0.25) is 0 Å². The van der Waals surface area contributed by atoms with E-state index < -0.39 is 0 Å². The van der Waals surface area contributed by atoms with Crippen LogP contribution >= 0.6 is 23.2 Å². The van der Waals surface area contributed by atoms with E-state index in [1.807, 2.05) is 42.5 Å². The van der Waals surface area contributed by atoms with Gasteiger partial charge in [-0.05, 0) is 35.9 Å². The van der Waals surface area contributed by atoms with Gasteiger partial charge in [-0.2, -0.15) is 5.26 Å². The molecule has 1 N–H and O–H groups in total. The second kappa shape index (κ2) is 7.04. The largest absolute Gasteiger partial charge is 0.479 e. The Morgan fingerprint density at radius 3 is 2.55 bits per heavy atom. The molecule has 0 saturated heterocycles. The molecule has 2 aromatic carbocycles. The van der Waals surface area contributed by atoms with E-state index in [2.05, 4.69) is 5.32 Å². The van der Waals surface area contributed by atoms with E-state index in [9.17, 15) is 0 Å². The highest BCUT2D eigenvalue weighted by Gasteiger charge is 2.00. The van der Waals surface area contributed by atoms with Crippen molar-refractivity contribution < 1.29 is 4.74 Å². The number of halogens is 2. The Balaban J connectivity index is 2.01. The van der Waals surface area contributed by atoms with Crippen LogP contribution in [0.4, 0.5) is 5.69 Å². The number of ether oxygens (including phenoxy) is 1. The Kier molecular flexibility index (Phi) is 5.11. The minimum absolute atomic E-state index is 0.0424. The summed E-state index contributed by atoms with van der Waals surface area (Å²) in [6, 6.07) is 14.8. The number of nitriles is 1. The zero-order valence-electron chi connectivity index (χ0n) is 10.6. The van der Waals surface area contributed by atoms with E-state index in [1.165, 1.54) is 0 Å². The van der Waals surface area contributed by atoms with Crippen molar-refractivity contribution in [3.8, 4) is 11.8 Å². The molecule has 20 heavy (non-hydrogen) atoms. The lowest BCUT2D eigenvalue weighted by atomic mass is 10.2. The zero-order valence-corrected chi connectivity index (χ0v) is 12.1. The fraction of sp³-hybridized carbons (Fsp3) is 0.133. The minimum Gasteiger partial charge on any atom is -0.479 e. The van der Waals surface area contributed by atoms with Crippen LogP contribution in [0.25, 0.3) is 0 Å². The topological polar surface area (TPSA) is 45.0 Å². The Morgan fingerprint density at radius 2 is 1.85 bits per heavy atom. The Labute approximate surface area is 127 Å². The number of hydrogen-bond donors (Lipinski definition) is 1. The summed E-state index contributed by atoms with van der Waals surface area (Å²) in [7, 11) is 0. The van der Waals surface area contributed by atoms with Gasteiger partial charge in [-0.1, -0.05) is 35.3 Å². The van der Waals surface area contributed by atoms with Crippen LogP contribution in [0.5, 0.6) is 5.75 Å². The van der Waals surface area contributed by atoms with Gasteiger partial charge in [0.25, 0.3) is 0 Å². The molecule has 3 nitrogen and oxygen atoms in total. The monoisotopic (exact) mass is 306 g/mol. The number of rotatable bonds is 5. The van der Waals surface area contributed by atoms with Crippen molar-refractivity contribution >= 4 is 28.9 Å². The summed E-state index contributed by atoms with van der Waals surface area (Å²) in [6.07, 6.45) is 0. The summed E-state index contributed by atoms with van der Waals surface area (Å²) < 4.78 is 5.25. The summed E-state index contributed by atoms with van der Waals surface area (Å²) in [5.74, 6) is 0.676. The standard InChI is InChI=1S/C15H12Cl2N2O/c16-12-7-13(17)9-14(8-12)19-10-11-2-1-3-15(6-11)20-5-4-18/h1-3,6-9,19H,5,10H2. The summed E-state index contributed by atoms with van der Waals surface area (Å²) in [5, 5.41) is 12.9. The van der Waals surface area contributed by atoms with Crippen LogP contribution in [0.3, 0.4) is 0 Å². The molecule has 0 aliphatic rings. The van der Waals surface area contributed by atoms with Crippen molar-refractivity contribution in [2.75, 3.05) is 11.9 Å². The van der Waals surface area contributed by atoms with E-state index in [0.29, 0.717) is 22.3 Å². The molecule has 5 heteroatoms. The first-order valence-electron chi connectivity index (χ1n) is 5.96. The van der Waals surface area contributed by atoms with Crippen molar-refractivity contribution in [3.05, 3.63) is 58.1 Å². The van der Waals surface area contributed by atoms with Gasteiger partial charge in [-0.25, -0.2) is 0 Å². The van der Waals surface area contributed by atoms with Crippen LogP contribution in [0.15, 0.2) is 42.5 Å². The highest BCUT2D eigenvalue weighted by Crippen LogP contribution is 2.23. The number of benzene rings is 2. The van der Waals surface area contributed by atoms with Gasteiger partial charge in [0.1, 0.15) is 11.8 Å². The molecule has 0 aliphatic carbocycles. The third-order valence-corrected chi connectivity index (χ3v) is 3.00. The number of hydrogen-bond acceptors (Lipinski definition) is 3. The van der Waals surface area contributed by atoms with E-state index in [0.717, 1.165) is 11.3 Å². The highest BCUT2D eigenvalue weighted by atomic mass is 35.5. The van der Waals surface area contributed by atoms with E-state index >= 15 is 0 Å². The summed E-state index contributed by atoms with van der Waals surface area (Å²) >= 11 is 11.9. The van der Waals surface area contributed by atoms with E-state index in [1.54, 1.807) is 6.07 Å². The van der Waals surface area contributed by atoms with E-state index in [-0.39, 0.29) is 6.61 Å². The first-order valence-corrected chi connectivity index (χ1v) is 6.71. The summed E-state index contributed by atoms with van der Waals surface area (Å²) in [5.41, 5.74) is 1.89.